The number of fused-ring (bicyclic) bond motifs is 1. The quantitative estimate of drug-likeness (QED) is 0.866. The Morgan fingerprint density at radius 1 is 1.42 bits per heavy atom. The van der Waals surface area contributed by atoms with E-state index in [2.05, 4.69) is 15.6 Å². The van der Waals surface area contributed by atoms with Crippen molar-refractivity contribution in [1.82, 2.24) is 10.3 Å². The highest BCUT2D eigenvalue weighted by atomic mass is 16.3. The van der Waals surface area contributed by atoms with Crippen molar-refractivity contribution in [1.29, 1.82) is 0 Å². The Morgan fingerprint density at radius 3 is 2.89 bits per heavy atom. The molecule has 1 unspecified atom stereocenters. The van der Waals surface area contributed by atoms with Gasteiger partial charge in [-0.1, -0.05) is 13.8 Å². The summed E-state index contributed by atoms with van der Waals surface area (Å²) in [5.41, 5.74) is 2.19. The summed E-state index contributed by atoms with van der Waals surface area (Å²) in [7, 11) is 1.85. The van der Waals surface area contributed by atoms with Crippen LogP contribution in [0.5, 0.6) is 0 Å². The van der Waals surface area contributed by atoms with E-state index in [-0.39, 0.29) is 17.7 Å². The zero-order valence-corrected chi connectivity index (χ0v) is 11.4. The number of carbonyl (C=O) groups excluding carboxylic acids is 1. The van der Waals surface area contributed by atoms with Gasteiger partial charge in [0.05, 0.1) is 5.92 Å². The largest absolute Gasteiger partial charge is 0.443 e. The first-order valence-electron chi connectivity index (χ1n) is 6.40. The Labute approximate surface area is 112 Å². The van der Waals surface area contributed by atoms with Crippen molar-refractivity contribution in [2.24, 2.45) is 11.8 Å². The van der Waals surface area contributed by atoms with Crippen molar-refractivity contribution in [3.8, 4) is 0 Å². The summed E-state index contributed by atoms with van der Waals surface area (Å²) >= 11 is 0. The van der Waals surface area contributed by atoms with Gasteiger partial charge in [0.25, 0.3) is 0 Å². The van der Waals surface area contributed by atoms with Crippen molar-refractivity contribution in [3.05, 3.63) is 24.6 Å². The van der Waals surface area contributed by atoms with Gasteiger partial charge >= 0.3 is 0 Å². The fourth-order valence-electron chi connectivity index (χ4n) is 2.02. The van der Waals surface area contributed by atoms with Crippen LogP contribution in [0.4, 0.5) is 5.69 Å². The van der Waals surface area contributed by atoms with Crippen LogP contribution in [0.15, 0.2) is 29.0 Å². The van der Waals surface area contributed by atoms with Gasteiger partial charge in [0.1, 0.15) is 5.52 Å². The third kappa shape index (κ3) is 3.12. The molecule has 0 radical (unpaired) electrons. The van der Waals surface area contributed by atoms with Crippen molar-refractivity contribution in [3.63, 3.8) is 0 Å². The summed E-state index contributed by atoms with van der Waals surface area (Å²) in [5.74, 6) is 0.236. The fraction of sp³-hybridized carbons (Fsp3) is 0.429. The van der Waals surface area contributed by atoms with Crippen LogP contribution in [0.2, 0.25) is 0 Å². The van der Waals surface area contributed by atoms with E-state index in [0.717, 1.165) is 11.2 Å². The highest BCUT2D eigenvalue weighted by Gasteiger charge is 2.21. The number of nitrogens with zero attached hydrogens (tertiary/aromatic N) is 1. The molecule has 0 spiro atoms. The number of hydrogen-bond donors (Lipinski definition) is 2. The lowest BCUT2D eigenvalue weighted by Gasteiger charge is -2.19. The molecule has 2 rings (SSSR count). The Kier molecular flexibility index (Phi) is 4.16. The molecule has 5 heteroatoms. The minimum Gasteiger partial charge on any atom is -0.443 e. The molecule has 0 fully saturated rings. The van der Waals surface area contributed by atoms with Gasteiger partial charge in [-0.15, -0.1) is 0 Å². The molecule has 2 aromatic rings. The topological polar surface area (TPSA) is 67.2 Å². The fourth-order valence-corrected chi connectivity index (χ4v) is 2.02. The SMILES string of the molecule is CNCC(C(=O)Nc1ccc2ncoc2c1)C(C)C. The van der Waals surface area contributed by atoms with Gasteiger partial charge in [0, 0.05) is 18.3 Å². The maximum Gasteiger partial charge on any atom is 0.229 e. The van der Waals surface area contributed by atoms with Crippen molar-refractivity contribution in [2.45, 2.75) is 13.8 Å². The Hall–Kier alpha value is -1.88. The third-order valence-electron chi connectivity index (χ3n) is 3.16. The van der Waals surface area contributed by atoms with Gasteiger partial charge in [-0.3, -0.25) is 4.79 Å². The average Bonchev–Trinajstić information content (AvgIpc) is 2.82. The lowest BCUT2D eigenvalue weighted by Crippen LogP contribution is -2.34. The van der Waals surface area contributed by atoms with E-state index in [1.807, 2.05) is 33.0 Å². The van der Waals surface area contributed by atoms with Gasteiger partial charge < -0.3 is 15.1 Å². The van der Waals surface area contributed by atoms with Crippen molar-refractivity contribution in [2.75, 3.05) is 18.9 Å². The van der Waals surface area contributed by atoms with Crippen LogP contribution in [-0.4, -0.2) is 24.5 Å². The van der Waals surface area contributed by atoms with Crippen LogP contribution >= 0.6 is 0 Å². The van der Waals surface area contributed by atoms with E-state index in [1.165, 1.54) is 6.39 Å². The van der Waals surface area contributed by atoms with Gasteiger partial charge in [-0.25, -0.2) is 4.98 Å². The summed E-state index contributed by atoms with van der Waals surface area (Å²) in [4.78, 5) is 16.3. The molecule has 1 atom stereocenters. The predicted octanol–water partition coefficient (Wildman–Crippen LogP) is 2.26. The Bertz CT molecular complexity index is 563. The first-order chi connectivity index (χ1) is 9.11. The molecule has 5 nitrogen and oxygen atoms in total. The molecule has 1 amide bonds. The molecule has 2 N–H and O–H groups in total. The number of benzene rings is 1. The Balaban J connectivity index is 2.12. The van der Waals surface area contributed by atoms with Gasteiger partial charge in [-0.2, -0.15) is 0 Å². The average molecular weight is 261 g/mol. The molecule has 0 saturated heterocycles. The third-order valence-corrected chi connectivity index (χ3v) is 3.16. The number of hydrogen-bond acceptors (Lipinski definition) is 4. The van der Waals surface area contributed by atoms with E-state index < -0.39 is 0 Å². The summed E-state index contributed by atoms with van der Waals surface area (Å²) < 4.78 is 5.22. The lowest BCUT2D eigenvalue weighted by atomic mass is 9.95. The van der Waals surface area contributed by atoms with Gasteiger partial charge in [-0.05, 0) is 25.1 Å². The lowest BCUT2D eigenvalue weighted by molar-refractivity contribution is -0.120. The molecule has 1 aromatic carbocycles. The van der Waals surface area contributed by atoms with Crippen LogP contribution in [0.25, 0.3) is 11.1 Å². The molecular weight excluding hydrogens is 242 g/mol. The smallest absolute Gasteiger partial charge is 0.229 e. The molecular formula is C14H19N3O2. The summed E-state index contributed by atoms with van der Waals surface area (Å²) in [6.07, 6.45) is 1.40. The van der Waals surface area contributed by atoms with Gasteiger partial charge in [0.15, 0.2) is 12.0 Å². The first kappa shape index (κ1) is 13.5. The zero-order chi connectivity index (χ0) is 13.8. The molecule has 1 heterocycles. The number of oxazole rings is 1. The maximum atomic E-state index is 12.2. The van der Waals surface area contributed by atoms with Crippen molar-refractivity contribution < 1.29 is 9.21 Å². The molecule has 0 bridgehead atoms. The predicted molar refractivity (Wildman–Crippen MR) is 74.9 cm³/mol. The normalized spacial score (nSPS) is 12.8. The maximum absolute atomic E-state index is 12.2. The molecule has 0 aliphatic heterocycles. The Morgan fingerprint density at radius 2 is 2.21 bits per heavy atom. The van der Waals surface area contributed by atoms with Crippen LogP contribution in [-0.2, 0) is 4.79 Å². The van der Waals surface area contributed by atoms with Crippen LogP contribution < -0.4 is 10.6 Å². The van der Waals surface area contributed by atoms with Crippen molar-refractivity contribution >= 4 is 22.7 Å². The van der Waals surface area contributed by atoms with E-state index in [1.54, 1.807) is 6.07 Å². The molecule has 1 aromatic heterocycles. The number of aromatic nitrogens is 1. The van der Waals surface area contributed by atoms with Gasteiger partial charge in [0.2, 0.25) is 5.91 Å². The second-order valence-corrected chi connectivity index (χ2v) is 4.93. The molecule has 19 heavy (non-hydrogen) atoms. The second-order valence-electron chi connectivity index (χ2n) is 4.93. The zero-order valence-electron chi connectivity index (χ0n) is 11.4. The van der Waals surface area contributed by atoms with E-state index >= 15 is 0 Å². The minimum absolute atomic E-state index is 0.0169. The van der Waals surface area contributed by atoms with Crippen LogP contribution in [0, 0.1) is 11.8 Å². The number of anilines is 1. The standard InChI is InChI=1S/C14H19N3O2/c1-9(2)11(7-15-3)14(18)17-10-4-5-12-13(6-10)19-8-16-12/h4-6,8-9,11,15H,7H2,1-3H3,(H,17,18). The highest BCUT2D eigenvalue weighted by molar-refractivity contribution is 5.94. The monoisotopic (exact) mass is 261 g/mol. The number of nitrogens with one attached hydrogen (secondary N) is 2. The minimum atomic E-state index is -0.0598. The summed E-state index contributed by atoms with van der Waals surface area (Å²) in [5, 5.41) is 5.98. The van der Waals surface area contributed by atoms with E-state index in [9.17, 15) is 4.79 Å². The molecule has 0 aliphatic carbocycles. The molecule has 102 valence electrons. The molecule has 0 saturated carbocycles. The first-order valence-corrected chi connectivity index (χ1v) is 6.40. The molecule has 0 aliphatic rings. The summed E-state index contributed by atoms with van der Waals surface area (Å²) in [6.45, 7) is 4.75. The number of rotatable bonds is 5. The van der Waals surface area contributed by atoms with Crippen LogP contribution in [0.3, 0.4) is 0 Å². The van der Waals surface area contributed by atoms with Crippen LogP contribution in [0.1, 0.15) is 13.8 Å². The van der Waals surface area contributed by atoms with E-state index in [4.69, 9.17) is 4.42 Å². The summed E-state index contributed by atoms with van der Waals surface area (Å²) in [6, 6.07) is 5.45. The number of amides is 1. The second kappa shape index (κ2) is 5.84. The number of carbonyl (C=O) groups is 1. The highest BCUT2D eigenvalue weighted by Crippen LogP contribution is 2.19. The van der Waals surface area contributed by atoms with E-state index in [0.29, 0.717) is 12.1 Å².